The van der Waals surface area contributed by atoms with E-state index in [-0.39, 0.29) is 18.7 Å². The van der Waals surface area contributed by atoms with Gasteiger partial charge in [0.2, 0.25) is 17.8 Å². The van der Waals surface area contributed by atoms with Crippen molar-refractivity contribution in [3.63, 3.8) is 0 Å². The zero-order valence-corrected chi connectivity index (χ0v) is 39.9. The molecule has 1 unspecified atom stereocenters. The lowest BCUT2D eigenvalue weighted by molar-refractivity contribution is -0.135. The highest BCUT2D eigenvalue weighted by atomic mass is 79.9. The first-order valence-corrected chi connectivity index (χ1v) is 25.7. The second-order valence-corrected chi connectivity index (χ2v) is 21.0. The molecule has 5 heterocycles. The van der Waals surface area contributed by atoms with Gasteiger partial charge in [-0.2, -0.15) is 4.98 Å². The second-order valence-electron chi connectivity index (χ2n) is 17.0. The van der Waals surface area contributed by atoms with Gasteiger partial charge in [-0.25, -0.2) is 9.78 Å². The number of hydrogen-bond acceptors (Lipinski definition) is 14. The molecule has 3 aromatic carbocycles. The number of nitrogens with one attached hydrogen (secondary N) is 5. The Hall–Kier alpha value is -5.61. The summed E-state index contributed by atoms with van der Waals surface area (Å²) in [7, 11) is -2.73. The number of anilines is 5. The predicted octanol–water partition coefficient (Wildman–Crippen LogP) is 7.07. The number of carbonyl (C=O) groups excluding carboxylic acids is 2. The highest BCUT2D eigenvalue weighted by molar-refractivity contribution is 9.10. The predicted molar refractivity (Wildman–Crippen MR) is 261 cm³/mol. The maximum atomic E-state index is 13.7. The van der Waals surface area contributed by atoms with Crippen molar-refractivity contribution in [1.29, 1.82) is 0 Å². The van der Waals surface area contributed by atoms with Crippen LogP contribution in [-0.2, 0) is 27.0 Å². The van der Waals surface area contributed by atoms with Crippen LogP contribution < -0.4 is 47.3 Å². The zero-order valence-electron chi connectivity index (χ0n) is 37.4. The molecule has 65 heavy (non-hydrogen) atoms. The van der Waals surface area contributed by atoms with E-state index < -0.39 is 24.8 Å². The Morgan fingerprint density at radius 3 is 2.51 bits per heavy atom. The van der Waals surface area contributed by atoms with E-state index in [2.05, 4.69) is 76.4 Å². The Bertz CT molecular complexity index is 2850. The highest BCUT2D eigenvalue weighted by Gasteiger charge is 2.31. The van der Waals surface area contributed by atoms with Crippen LogP contribution in [-0.4, -0.2) is 90.0 Å². The first kappa shape index (κ1) is 45.9. The molecular formula is C47H56BrN10O6P. The van der Waals surface area contributed by atoms with Crippen LogP contribution in [0.25, 0.3) is 22.0 Å². The van der Waals surface area contributed by atoms with Crippen LogP contribution in [0.1, 0.15) is 62.4 Å². The summed E-state index contributed by atoms with van der Waals surface area (Å²) in [6.45, 7) is 14.4. The van der Waals surface area contributed by atoms with Crippen molar-refractivity contribution < 1.29 is 23.3 Å². The summed E-state index contributed by atoms with van der Waals surface area (Å²) in [6, 6.07) is 17.3. The summed E-state index contributed by atoms with van der Waals surface area (Å²) < 4.78 is 27.4. The number of pyridine rings is 1. The molecule has 6 aromatic rings. The summed E-state index contributed by atoms with van der Waals surface area (Å²) in [4.78, 5) is 53.2. The summed E-state index contributed by atoms with van der Waals surface area (Å²) >= 11 is 3.62. The van der Waals surface area contributed by atoms with Gasteiger partial charge in [-0.15, -0.1) is 0 Å². The van der Waals surface area contributed by atoms with E-state index in [0.717, 1.165) is 97.3 Å². The van der Waals surface area contributed by atoms with Crippen LogP contribution in [0.2, 0.25) is 0 Å². The molecule has 2 aliphatic rings. The maximum absolute atomic E-state index is 13.7. The Kier molecular flexibility index (Phi) is 14.0. The second kappa shape index (κ2) is 19.9. The maximum Gasteiger partial charge on any atom is 0.420 e. The Morgan fingerprint density at radius 2 is 1.75 bits per heavy atom. The number of aromatic nitrogens is 4. The number of aryl methyl sites for hydroxylation is 2. The number of halogens is 1. The molecule has 342 valence electrons. The summed E-state index contributed by atoms with van der Waals surface area (Å²) in [6.07, 6.45) is 5.76. The first-order valence-electron chi connectivity index (χ1n) is 22.3. The topological polar surface area (TPSA) is 198 Å². The summed E-state index contributed by atoms with van der Waals surface area (Å²) in [5.74, 6) is 0.235. The SMILES string of the molecule is CCOc1cc(N2CCC(NCCNCCc3ccc4c(c3)oc(=O)n4C3CCC(=O)NC3=O)CC2)c(CC)cc1Nc1ncc(Br)c(Nc2ccc3nc(C)ccc3c2P(C)(C)=O)n1. The molecule has 2 saturated heterocycles. The smallest absolute Gasteiger partial charge is 0.420 e. The molecule has 0 aliphatic carbocycles. The number of nitrogens with zero attached hydrogens (tertiary/aromatic N) is 5. The molecule has 2 aliphatic heterocycles. The van der Waals surface area contributed by atoms with Gasteiger partial charge in [0.05, 0.1) is 33.5 Å². The van der Waals surface area contributed by atoms with Crippen molar-refractivity contribution in [3.8, 4) is 5.75 Å². The van der Waals surface area contributed by atoms with Gasteiger partial charge in [-0.05, 0) is 129 Å². The van der Waals surface area contributed by atoms with Crippen LogP contribution in [0.5, 0.6) is 5.75 Å². The van der Waals surface area contributed by atoms with E-state index in [9.17, 15) is 18.9 Å². The molecule has 0 spiro atoms. The Labute approximate surface area is 386 Å². The zero-order chi connectivity index (χ0) is 45.8. The molecule has 0 bridgehead atoms. The van der Waals surface area contributed by atoms with Crippen LogP contribution in [0.15, 0.2) is 74.5 Å². The van der Waals surface area contributed by atoms with Gasteiger partial charge in [0, 0.05) is 73.0 Å². The fourth-order valence-corrected chi connectivity index (χ4v) is 10.6. The minimum atomic E-state index is -2.73. The molecule has 0 radical (unpaired) electrons. The molecule has 2 fully saturated rings. The average molecular weight is 968 g/mol. The van der Waals surface area contributed by atoms with Crippen LogP contribution in [0, 0.1) is 6.92 Å². The number of hydrogen-bond donors (Lipinski definition) is 5. The van der Waals surface area contributed by atoms with Gasteiger partial charge in [-0.3, -0.25) is 24.5 Å². The van der Waals surface area contributed by atoms with E-state index >= 15 is 0 Å². The van der Waals surface area contributed by atoms with Crippen molar-refractivity contribution >= 4 is 91.0 Å². The lowest BCUT2D eigenvalue weighted by atomic mass is 10.0. The number of carbonyl (C=O) groups is 2. The molecule has 8 rings (SSSR count). The van der Waals surface area contributed by atoms with Crippen molar-refractivity contribution in [3.05, 3.63) is 92.6 Å². The average Bonchev–Trinajstić information content (AvgIpc) is 3.60. The number of amides is 2. The molecule has 18 heteroatoms. The van der Waals surface area contributed by atoms with Gasteiger partial charge in [-0.1, -0.05) is 19.1 Å². The number of benzene rings is 3. The number of ether oxygens (including phenoxy) is 1. The van der Waals surface area contributed by atoms with Crippen molar-refractivity contribution in [2.75, 3.05) is 68.2 Å². The lowest BCUT2D eigenvalue weighted by Gasteiger charge is -2.35. The Balaban J connectivity index is 0.849. The van der Waals surface area contributed by atoms with Crippen molar-refractivity contribution in [1.82, 2.24) is 35.5 Å². The normalized spacial score (nSPS) is 16.0. The number of fused-ring (bicyclic) bond motifs is 2. The van der Waals surface area contributed by atoms with E-state index in [4.69, 9.17) is 14.1 Å². The van der Waals surface area contributed by atoms with Gasteiger partial charge in [0.25, 0.3) is 0 Å². The summed E-state index contributed by atoms with van der Waals surface area (Å²) in [5.41, 5.74) is 7.55. The number of piperidine rings is 2. The largest absolute Gasteiger partial charge is 0.492 e. The monoisotopic (exact) mass is 966 g/mol. The molecule has 1 atom stereocenters. The van der Waals surface area contributed by atoms with E-state index in [1.807, 2.05) is 56.3 Å². The van der Waals surface area contributed by atoms with Gasteiger partial charge >= 0.3 is 5.76 Å². The molecule has 3 aromatic heterocycles. The van der Waals surface area contributed by atoms with Crippen molar-refractivity contribution in [2.45, 2.75) is 71.4 Å². The van der Waals surface area contributed by atoms with Crippen LogP contribution in [0.4, 0.5) is 28.8 Å². The van der Waals surface area contributed by atoms with E-state index in [1.54, 1.807) is 19.5 Å². The van der Waals surface area contributed by atoms with Crippen LogP contribution in [0.3, 0.4) is 0 Å². The van der Waals surface area contributed by atoms with Gasteiger partial charge in [0.15, 0.2) is 5.58 Å². The standard InChI is InChI=1S/C47H56BrN10O6P/c1-6-30-25-36(54-46-51-27-33(48)44(56-46)53-35-12-11-34-32(10-8-28(3)52-34)43(35)65(4,5)62)40(63-7-2)26-39(30)57-22-17-31(18-23-57)50-21-20-49-19-16-29-9-13-37-41(24-29)64-47(61)58(37)38-14-15-42(59)55-45(38)60/h8-13,24-27,31,38,49-50H,6-7,14-23H2,1-5H3,(H,55,59,60)(H2,51,53,54,56). The fourth-order valence-electron chi connectivity index (χ4n) is 8.81. The highest BCUT2D eigenvalue weighted by Crippen LogP contribution is 2.42. The quantitative estimate of drug-likeness (QED) is 0.0354. The van der Waals surface area contributed by atoms with Crippen molar-refractivity contribution in [2.24, 2.45) is 0 Å². The number of oxazole rings is 1. The summed E-state index contributed by atoms with van der Waals surface area (Å²) in [5, 5.41) is 18.0. The minimum absolute atomic E-state index is 0.183. The molecule has 0 saturated carbocycles. The van der Waals surface area contributed by atoms with E-state index in [1.165, 1.54) is 15.8 Å². The molecule has 2 amide bonds. The van der Waals surface area contributed by atoms with Crippen LogP contribution >= 0.6 is 23.1 Å². The lowest BCUT2D eigenvalue weighted by Crippen LogP contribution is -2.44. The van der Waals surface area contributed by atoms with E-state index in [0.29, 0.717) is 45.7 Å². The molecule has 16 nitrogen and oxygen atoms in total. The Morgan fingerprint density at radius 1 is 0.938 bits per heavy atom. The van der Waals surface area contributed by atoms with Gasteiger partial charge < -0.3 is 39.9 Å². The third-order valence-corrected chi connectivity index (χ3v) is 14.1. The molecule has 5 N–H and O–H groups in total. The first-order chi connectivity index (χ1) is 31.3. The molecular weight excluding hydrogens is 911 g/mol. The third-order valence-electron chi connectivity index (χ3n) is 12.0. The minimum Gasteiger partial charge on any atom is -0.492 e. The third kappa shape index (κ3) is 10.4. The number of rotatable bonds is 17. The van der Waals surface area contributed by atoms with Gasteiger partial charge in [0.1, 0.15) is 24.8 Å². The number of imide groups is 1. The fraction of sp³-hybridized carbons (Fsp3) is 0.404.